The highest BCUT2D eigenvalue weighted by Gasteiger charge is 2.16. The summed E-state index contributed by atoms with van der Waals surface area (Å²) in [6.45, 7) is 6.00. The number of morpholine rings is 1. The normalized spacial score (nSPS) is 16.1. The predicted octanol–water partition coefficient (Wildman–Crippen LogP) is 2.17. The van der Waals surface area contributed by atoms with Gasteiger partial charge in [0.25, 0.3) is 0 Å². The predicted molar refractivity (Wildman–Crippen MR) is 64.2 cm³/mol. The molecule has 0 aliphatic carbocycles. The Morgan fingerprint density at radius 3 is 2.53 bits per heavy atom. The number of halogens is 1. The second kappa shape index (κ2) is 4.84. The molecule has 17 heavy (non-hydrogen) atoms. The Kier molecular flexibility index (Phi) is 3.43. The summed E-state index contributed by atoms with van der Waals surface area (Å²) in [5, 5.41) is 0. The fourth-order valence-electron chi connectivity index (χ4n) is 2.18. The van der Waals surface area contributed by atoms with Crippen molar-refractivity contribution in [2.45, 2.75) is 13.8 Å². The second-order valence-corrected chi connectivity index (χ2v) is 4.28. The third-order valence-corrected chi connectivity index (χ3v) is 3.00. The number of hydrogen-bond acceptors (Lipinski definition) is 3. The molecule has 3 nitrogen and oxygen atoms in total. The van der Waals surface area contributed by atoms with Crippen LogP contribution in [0.15, 0.2) is 12.1 Å². The van der Waals surface area contributed by atoms with E-state index in [0.29, 0.717) is 18.8 Å². The highest BCUT2D eigenvalue weighted by atomic mass is 19.1. The van der Waals surface area contributed by atoms with E-state index in [9.17, 15) is 9.18 Å². The van der Waals surface area contributed by atoms with Crippen LogP contribution in [-0.2, 0) is 4.74 Å². The third-order valence-electron chi connectivity index (χ3n) is 3.00. The summed E-state index contributed by atoms with van der Waals surface area (Å²) in [5.74, 6) is -0.660. The number of anilines is 1. The van der Waals surface area contributed by atoms with Gasteiger partial charge in [0.2, 0.25) is 0 Å². The summed E-state index contributed by atoms with van der Waals surface area (Å²) in [7, 11) is 0. The van der Waals surface area contributed by atoms with Gasteiger partial charge in [-0.25, -0.2) is 4.39 Å². The van der Waals surface area contributed by atoms with E-state index in [0.717, 1.165) is 18.8 Å². The van der Waals surface area contributed by atoms with E-state index in [1.165, 1.54) is 13.0 Å². The van der Waals surface area contributed by atoms with E-state index >= 15 is 0 Å². The number of ether oxygens (including phenoxy) is 1. The summed E-state index contributed by atoms with van der Waals surface area (Å²) >= 11 is 0. The van der Waals surface area contributed by atoms with Crippen LogP contribution >= 0.6 is 0 Å². The Hall–Kier alpha value is -1.42. The Morgan fingerprint density at radius 2 is 2.00 bits per heavy atom. The average Bonchev–Trinajstić information content (AvgIpc) is 2.28. The van der Waals surface area contributed by atoms with E-state index in [1.54, 1.807) is 6.92 Å². The number of nitrogens with zero attached hydrogens (tertiary/aromatic N) is 1. The van der Waals surface area contributed by atoms with Gasteiger partial charge in [-0.2, -0.15) is 0 Å². The monoisotopic (exact) mass is 237 g/mol. The van der Waals surface area contributed by atoms with Crippen molar-refractivity contribution < 1.29 is 13.9 Å². The quantitative estimate of drug-likeness (QED) is 0.738. The van der Waals surface area contributed by atoms with Crippen molar-refractivity contribution in [1.82, 2.24) is 0 Å². The number of carbonyl (C=O) groups is 1. The number of Topliss-reactive ketones (excluding diaryl/α,β-unsaturated/α-hetero) is 1. The van der Waals surface area contributed by atoms with E-state index in [-0.39, 0.29) is 11.3 Å². The van der Waals surface area contributed by atoms with Gasteiger partial charge in [0.15, 0.2) is 5.78 Å². The number of aryl methyl sites for hydroxylation is 1. The lowest BCUT2D eigenvalue weighted by atomic mass is 10.0. The molecule has 0 N–H and O–H groups in total. The Morgan fingerprint density at radius 1 is 1.35 bits per heavy atom. The first kappa shape index (κ1) is 12.0. The Labute approximate surface area is 100 Å². The highest BCUT2D eigenvalue weighted by molar-refractivity contribution is 5.96. The molecule has 0 spiro atoms. The largest absolute Gasteiger partial charge is 0.378 e. The van der Waals surface area contributed by atoms with Crippen molar-refractivity contribution in [1.29, 1.82) is 0 Å². The molecule has 0 atom stereocenters. The molecule has 1 saturated heterocycles. The van der Waals surface area contributed by atoms with Crippen LogP contribution in [0, 0.1) is 12.7 Å². The lowest BCUT2D eigenvalue weighted by Crippen LogP contribution is -2.36. The molecule has 0 radical (unpaired) electrons. The summed E-state index contributed by atoms with van der Waals surface area (Å²) < 4.78 is 19.1. The maximum atomic E-state index is 13.8. The molecule has 2 rings (SSSR count). The smallest absolute Gasteiger partial charge is 0.163 e. The molecule has 0 bridgehead atoms. The molecule has 1 aromatic rings. The molecular weight excluding hydrogens is 221 g/mol. The Bertz CT molecular complexity index is 416. The number of ketones is 1. The van der Waals surface area contributed by atoms with Gasteiger partial charge in [0.05, 0.1) is 18.8 Å². The summed E-state index contributed by atoms with van der Waals surface area (Å²) in [6.07, 6.45) is 0. The highest BCUT2D eigenvalue weighted by Crippen LogP contribution is 2.23. The standard InChI is InChI=1S/C13H16FNO2/c1-9-7-11(15-3-5-17-6-4-15)8-12(14)13(9)10(2)16/h7-8H,3-6H2,1-2H3. The van der Waals surface area contributed by atoms with Gasteiger partial charge in [-0.15, -0.1) is 0 Å². The lowest BCUT2D eigenvalue weighted by molar-refractivity contribution is 0.101. The first-order valence-corrected chi connectivity index (χ1v) is 5.73. The van der Waals surface area contributed by atoms with Crippen molar-refractivity contribution in [2.75, 3.05) is 31.2 Å². The summed E-state index contributed by atoms with van der Waals surface area (Å²) in [4.78, 5) is 13.4. The van der Waals surface area contributed by atoms with Gasteiger partial charge in [-0.05, 0) is 31.5 Å². The van der Waals surface area contributed by atoms with Gasteiger partial charge < -0.3 is 9.64 Å². The molecule has 1 aliphatic heterocycles. The van der Waals surface area contributed by atoms with Crippen LogP contribution in [0.3, 0.4) is 0 Å². The first-order chi connectivity index (χ1) is 8.09. The summed E-state index contributed by atoms with van der Waals surface area (Å²) in [6, 6.07) is 3.31. The van der Waals surface area contributed by atoms with Gasteiger partial charge in [0.1, 0.15) is 5.82 Å². The fourth-order valence-corrected chi connectivity index (χ4v) is 2.18. The molecule has 0 saturated carbocycles. The van der Waals surface area contributed by atoms with Crippen molar-refractivity contribution in [3.05, 3.63) is 29.1 Å². The van der Waals surface area contributed by atoms with Crippen molar-refractivity contribution >= 4 is 11.5 Å². The van der Waals surface area contributed by atoms with Crippen LogP contribution < -0.4 is 4.90 Å². The average molecular weight is 237 g/mol. The van der Waals surface area contributed by atoms with Crippen molar-refractivity contribution in [3.63, 3.8) is 0 Å². The fraction of sp³-hybridized carbons (Fsp3) is 0.462. The molecule has 0 amide bonds. The maximum absolute atomic E-state index is 13.8. The van der Waals surface area contributed by atoms with E-state index < -0.39 is 5.82 Å². The van der Waals surface area contributed by atoms with Crippen LogP contribution in [-0.4, -0.2) is 32.1 Å². The Balaban J connectivity index is 2.34. The molecule has 1 aromatic carbocycles. The van der Waals surface area contributed by atoms with Crippen LogP contribution in [0.25, 0.3) is 0 Å². The van der Waals surface area contributed by atoms with E-state index in [1.807, 2.05) is 6.07 Å². The van der Waals surface area contributed by atoms with Gasteiger partial charge in [0, 0.05) is 18.8 Å². The minimum atomic E-state index is -0.431. The third kappa shape index (κ3) is 2.47. The van der Waals surface area contributed by atoms with Crippen LogP contribution in [0.4, 0.5) is 10.1 Å². The maximum Gasteiger partial charge on any atom is 0.163 e. The number of hydrogen-bond donors (Lipinski definition) is 0. The molecule has 92 valence electrons. The van der Waals surface area contributed by atoms with Crippen LogP contribution in [0.1, 0.15) is 22.8 Å². The molecule has 1 aliphatic rings. The molecule has 0 aromatic heterocycles. The number of carbonyl (C=O) groups excluding carboxylic acids is 1. The number of benzene rings is 1. The second-order valence-electron chi connectivity index (χ2n) is 4.28. The minimum Gasteiger partial charge on any atom is -0.378 e. The lowest BCUT2D eigenvalue weighted by Gasteiger charge is -2.29. The van der Waals surface area contributed by atoms with Crippen molar-refractivity contribution in [2.24, 2.45) is 0 Å². The SMILES string of the molecule is CC(=O)c1c(C)cc(N2CCOCC2)cc1F. The van der Waals surface area contributed by atoms with Gasteiger partial charge in [-0.3, -0.25) is 4.79 Å². The van der Waals surface area contributed by atoms with Gasteiger partial charge >= 0.3 is 0 Å². The molecule has 1 fully saturated rings. The number of rotatable bonds is 2. The van der Waals surface area contributed by atoms with Crippen LogP contribution in [0.5, 0.6) is 0 Å². The van der Waals surface area contributed by atoms with E-state index in [2.05, 4.69) is 4.90 Å². The van der Waals surface area contributed by atoms with Crippen LogP contribution in [0.2, 0.25) is 0 Å². The zero-order valence-electron chi connectivity index (χ0n) is 10.1. The first-order valence-electron chi connectivity index (χ1n) is 5.73. The molecule has 4 heteroatoms. The zero-order chi connectivity index (χ0) is 12.4. The molecule has 1 heterocycles. The van der Waals surface area contributed by atoms with Crippen molar-refractivity contribution in [3.8, 4) is 0 Å². The van der Waals surface area contributed by atoms with E-state index in [4.69, 9.17) is 4.74 Å². The minimum absolute atomic E-state index is 0.196. The molecular formula is C13H16FNO2. The van der Waals surface area contributed by atoms with Gasteiger partial charge in [-0.1, -0.05) is 0 Å². The topological polar surface area (TPSA) is 29.5 Å². The zero-order valence-corrected chi connectivity index (χ0v) is 10.1. The molecule has 0 unspecified atom stereocenters. The summed E-state index contributed by atoms with van der Waals surface area (Å²) in [5.41, 5.74) is 1.72.